The van der Waals surface area contributed by atoms with Crippen LogP contribution in [0.2, 0.25) is 0 Å². The van der Waals surface area contributed by atoms with Crippen LogP contribution in [0.25, 0.3) is 0 Å². The molecule has 1 aromatic heterocycles. The van der Waals surface area contributed by atoms with E-state index in [4.69, 9.17) is 0 Å². The van der Waals surface area contributed by atoms with Crippen LogP contribution in [0.3, 0.4) is 0 Å². The fourth-order valence-electron chi connectivity index (χ4n) is 2.43. The van der Waals surface area contributed by atoms with E-state index in [1.54, 1.807) is 6.33 Å². The summed E-state index contributed by atoms with van der Waals surface area (Å²) in [6.07, 6.45) is 5.34. The molecule has 0 aliphatic carbocycles. The van der Waals surface area contributed by atoms with Gasteiger partial charge in [0.1, 0.15) is 6.33 Å². The summed E-state index contributed by atoms with van der Waals surface area (Å²) in [5.74, 6) is 0. The molecule has 1 unspecified atom stereocenters. The average Bonchev–Trinajstić information content (AvgIpc) is 2.49. The maximum Gasteiger partial charge on any atom is 0.115 e. The van der Waals surface area contributed by atoms with E-state index in [1.165, 1.54) is 5.56 Å². The second-order valence-corrected chi connectivity index (χ2v) is 4.42. The molecule has 1 aliphatic heterocycles. The molecule has 0 radical (unpaired) electrons. The molecule has 1 fully saturated rings. The highest BCUT2D eigenvalue weighted by atomic mass is 15.2. The number of piperazine rings is 1. The van der Waals surface area contributed by atoms with Crippen LogP contribution in [0.5, 0.6) is 0 Å². The first kappa shape index (κ1) is 11.2. The summed E-state index contributed by atoms with van der Waals surface area (Å²) in [5.41, 5.74) is 2.42. The van der Waals surface area contributed by atoms with Gasteiger partial charge in [-0.3, -0.25) is 0 Å². The van der Waals surface area contributed by atoms with E-state index in [9.17, 15) is 0 Å². The summed E-state index contributed by atoms with van der Waals surface area (Å²) < 4.78 is 0. The Balaban J connectivity index is 1.92. The lowest BCUT2D eigenvalue weighted by Crippen LogP contribution is -2.46. The third-order valence-corrected chi connectivity index (χ3v) is 3.31. The summed E-state index contributed by atoms with van der Waals surface area (Å²) in [7, 11) is 0. The summed E-state index contributed by atoms with van der Waals surface area (Å²) in [4.78, 5) is 10.6. The Morgan fingerprint density at radius 3 is 2.67 bits per heavy atom. The zero-order chi connectivity index (χ0) is 12.2. The Bertz CT molecular complexity index is 438. The lowest BCUT2D eigenvalue weighted by atomic mass is 10.0. The number of anilines is 1. The van der Waals surface area contributed by atoms with Crippen LogP contribution >= 0.6 is 0 Å². The van der Waals surface area contributed by atoms with Gasteiger partial charge in [0.15, 0.2) is 0 Å². The van der Waals surface area contributed by atoms with Gasteiger partial charge in [-0.25, -0.2) is 9.97 Å². The van der Waals surface area contributed by atoms with Crippen molar-refractivity contribution < 1.29 is 0 Å². The van der Waals surface area contributed by atoms with E-state index in [2.05, 4.69) is 50.5 Å². The Morgan fingerprint density at radius 2 is 1.89 bits per heavy atom. The van der Waals surface area contributed by atoms with E-state index in [1.807, 2.05) is 12.4 Å². The first-order chi connectivity index (χ1) is 8.95. The van der Waals surface area contributed by atoms with E-state index in [-0.39, 0.29) is 0 Å². The van der Waals surface area contributed by atoms with Gasteiger partial charge in [-0.1, -0.05) is 30.3 Å². The molecule has 0 amide bonds. The van der Waals surface area contributed by atoms with Gasteiger partial charge in [-0.15, -0.1) is 0 Å². The molecule has 0 saturated carbocycles. The molecule has 3 rings (SSSR count). The van der Waals surface area contributed by atoms with Crippen molar-refractivity contribution in [3.05, 3.63) is 54.6 Å². The predicted octanol–water partition coefficient (Wildman–Crippen LogP) is 1.63. The highest BCUT2D eigenvalue weighted by Crippen LogP contribution is 2.26. The molecule has 1 atom stereocenters. The van der Waals surface area contributed by atoms with Gasteiger partial charge in [0.25, 0.3) is 0 Å². The summed E-state index contributed by atoms with van der Waals surface area (Å²) in [5, 5.41) is 3.45. The molecule has 1 aromatic carbocycles. The molecule has 92 valence electrons. The van der Waals surface area contributed by atoms with Gasteiger partial charge in [0.2, 0.25) is 0 Å². The van der Waals surface area contributed by atoms with Crippen LogP contribution in [0.4, 0.5) is 5.69 Å². The highest BCUT2D eigenvalue weighted by molar-refractivity contribution is 5.46. The third kappa shape index (κ3) is 2.19. The topological polar surface area (TPSA) is 41.0 Å². The van der Waals surface area contributed by atoms with Gasteiger partial charge in [0.05, 0.1) is 24.1 Å². The number of nitrogens with zero attached hydrogens (tertiary/aromatic N) is 3. The van der Waals surface area contributed by atoms with E-state index >= 15 is 0 Å². The second kappa shape index (κ2) is 5.14. The van der Waals surface area contributed by atoms with Gasteiger partial charge in [-0.2, -0.15) is 0 Å². The molecule has 1 aliphatic rings. The third-order valence-electron chi connectivity index (χ3n) is 3.31. The van der Waals surface area contributed by atoms with Crippen LogP contribution in [-0.2, 0) is 0 Å². The summed E-state index contributed by atoms with van der Waals surface area (Å²) in [6.45, 7) is 2.93. The van der Waals surface area contributed by atoms with Crippen molar-refractivity contribution in [1.29, 1.82) is 0 Å². The Labute approximate surface area is 107 Å². The largest absolute Gasteiger partial charge is 0.359 e. The van der Waals surface area contributed by atoms with Crippen molar-refractivity contribution in [1.82, 2.24) is 15.3 Å². The first-order valence-corrected chi connectivity index (χ1v) is 6.22. The van der Waals surface area contributed by atoms with Crippen molar-refractivity contribution >= 4 is 5.69 Å². The van der Waals surface area contributed by atoms with Gasteiger partial charge in [-0.05, 0) is 5.56 Å². The number of hydrogen-bond acceptors (Lipinski definition) is 4. The highest BCUT2D eigenvalue weighted by Gasteiger charge is 2.23. The molecule has 2 aromatic rings. The van der Waals surface area contributed by atoms with Crippen molar-refractivity contribution in [3.63, 3.8) is 0 Å². The van der Waals surface area contributed by atoms with Crippen molar-refractivity contribution in [2.45, 2.75) is 6.04 Å². The number of rotatable bonds is 2. The normalized spacial score (nSPS) is 19.8. The molecule has 1 N–H and O–H groups in total. The average molecular weight is 240 g/mol. The van der Waals surface area contributed by atoms with Crippen LogP contribution in [0.1, 0.15) is 11.6 Å². The molecule has 4 heteroatoms. The number of nitrogens with one attached hydrogen (secondary N) is 1. The lowest BCUT2D eigenvalue weighted by molar-refractivity contribution is 0.489. The number of hydrogen-bond donors (Lipinski definition) is 1. The molecule has 1 saturated heterocycles. The molecule has 0 spiro atoms. The monoisotopic (exact) mass is 240 g/mol. The minimum absolute atomic E-state index is 0.353. The van der Waals surface area contributed by atoms with Crippen LogP contribution < -0.4 is 10.2 Å². The van der Waals surface area contributed by atoms with Gasteiger partial charge in [0, 0.05) is 19.6 Å². The van der Waals surface area contributed by atoms with E-state index < -0.39 is 0 Å². The Kier molecular flexibility index (Phi) is 3.19. The number of benzene rings is 1. The van der Waals surface area contributed by atoms with Gasteiger partial charge >= 0.3 is 0 Å². The zero-order valence-corrected chi connectivity index (χ0v) is 10.2. The Morgan fingerprint density at radius 1 is 1.11 bits per heavy atom. The molecular weight excluding hydrogens is 224 g/mol. The van der Waals surface area contributed by atoms with Crippen molar-refractivity contribution in [2.75, 3.05) is 24.5 Å². The molecule has 4 nitrogen and oxygen atoms in total. The molecule has 0 bridgehead atoms. The molecule has 2 heterocycles. The van der Waals surface area contributed by atoms with E-state index in [0.29, 0.717) is 6.04 Å². The quantitative estimate of drug-likeness (QED) is 0.866. The fourth-order valence-corrected chi connectivity index (χ4v) is 2.43. The van der Waals surface area contributed by atoms with Crippen molar-refractivity contribution in [3.8, 4) is 0 Å². The maximum atomic E-state index is 4.11. The fraction of sp³-hybridized carbons (Fsp3) is 0.286. The second-order valence-electron chi connectivity index (χ2n) is 4.42. The SMILES string of the molecule is c1ccc(C2CNCCN2c2cncnc2)cc1. The number of aromatic nitrogens is 2. The maximum absolute atomic E-state index is 4.11. The minimum atomic E-state index is 0.353. The first-order valence-electron chi connectivity index (χ1n) is 6.22. The minimum Gasteiger partial charge on any atom is -0.359 e. The summed E-state index contributed by atoms with van der Waals surface area (Å²) in [6, 6.07) is 10.9. The van der Waals surface area contributed by atoms with Crippen LogP contribution in [0.15, 0.2) is 49.1 Å². The molecular formula is C14H16N4. The van der Waals surface area contributed by atoms with Crippen LogP contribution in [0, 0.1) is 0 Å². The standard InChI is InChI=1S/C14H16N4/c1-2-4-12(5-3-1)14-10-15-6-7-18(14)13-8-16-11-17-9-13/h1-5,8-9,11,14-15H,6-7,10H2. The molecule has 18 heavy (non-hydrogen) atoms. The summed E-state index contributed by atoms with van der Waals surface area (Å²) >= 11 is 0. The predicted molar refractivity (Wildman–Crippen MR) is 71.4 cm³/mol. The zero-order valence-electron chi connectivity index (χ0n) is 10.2. The smallest absolute Gasteiger partial charge is 0.115 e. The van der Waals surface area contributed by atoms with Crippen molar-refractivity contribution in [2.24, 2.45) is 0 Å². The van der Waals surface area contributed by atoms with Crippen LogP contribution in [-0.4, -0.2) is 29.6 Å². The lowest BCUT2D eigenvalue weighted by Gasteiger charge is -2.37. The Hall–Kier alpha value is -1.94. The van der Waals surface area contributed by atoms with E-state index in [0.717, 1.165) is 25.3 Å². The van der Waals surface area contributed by atoms with Gasteiger partial charge < -0.3 is 10.2 Å².